The SMILES string of the molecule is C=C(/N=c1/c(-c2ccc(C(=O)N(C)CCO)cc2)cccn1C)Nc1ccc(C(=O)N2CCOCC2)cc1. The minimum absolute atomic E-state index is 0.00271. The van der Waals surface area contributed by atoms with E-state index in [9.17, 15) is 9.59 Å². The van der Waals surface area contributed by atoms with Gasteiger partial charge in [0.1, 0.15) is 11.3 Å². The molecular formula is C29H33N5O4. The van der Waals surface area contributed by atoms with Gasteiger partial charge in [-0.3, -0.25) is 9.59 Å². The number of nitrogens with one attached hydrogen (secondary N) is 1. The number of benzene rings is 2. The molecule has 198 valence electrons. The molecular weight excluding hydrogens is 482 g/mol. The summed E-state index contributed by atoms with van der Waals surface area (Å²) in [5.74, 6) is 0.291. The maximum atomic E-state index is 12.7. The van der Waals surface area contributed by atoms with Crippen LogP contribution in [0, 0.1) is 0 Å². The Hall–Kier alpha value is -4.21. The van der Waals surface area contributed by atoms with Gasteiger partial charge < -0.3 is 29.5 Å². The first kappa shape index (κ1) is 26.8. The minimum Gasteiger partial charge on any atom is -0.395 e. The molecule has 0 atom stereocenters. The topological polar surface area (TPSA) is 99.4 Å². The first-order valence-corrected chi connectivity index (χ1v) is 12.5. The second-order valence-corrected chi connectivity index (χ2v) is 9.05. The third-order valence-electron chi connectivity index (χ3n) is 6.33. The van der Waals surface area contributed by atoms with Gasteiger partial charge in [0.05, 0.1) is 19.8 Å². The molecule has 0 saturated carbocycles. The van der Waals surface area contributed by atoms with Gasteiger partial charge in [0, 0.05) is 62.3 Å². The molecule has 38 heavy (non-hydrogen) atoms. The summed E-state index contributed by atoms with van der Waals surface area (Å²) >= 11 is 0. The molecule has 1 aliphatic heterocycles. The fourth-order valence-corrected chi connectivity index (χ4v) is 4.20. The Kier molecular flexibility index (Phi) is 8.73. The molecule has 2 aromatic carbocycles. The second-order valence-electron chi connectivity index (χ2n) is 9.05. The molecule has 1 aromatic heterocycles. The van der Waals surface area contributed by atoms with Crippen LogP contribution in [0.5, 0.6) is 0 Å². The average molecular weight is 516 g/mol. The van der Waals surface area contributed by atoms with E-state index in [4.69, 9.17) is 14.8 Å². The van der Waals surface area contributed by atoms with Gasteiger partial charge in [-0.25, -0.2) is 4.99 Å². The predicted octanol–water partition coefficient (Wildman–Crippen LogP) is 2.71. The highest BCUT2D eigenvalue weighted by molar-refractivity contribution is 5.95. The fourth-order valence-electron chi connectivity index (χ4n) is 4.20. The minimum atomic E-state index is -0.149. The lowest BCUT2D eigenvalue weighted by molar-refractivity contribution is 0.0303. The molecule has 2 amide bonds. The number of amides is 2. The highest BCUT2D eigenvalue weighted by Gasteiger charge is 2.18. The van der Waals surface area contributed by atoms with Crippen molar-refractivity contribution in [2.24, 2.45) is 12.0 Å². The lowest BCUT2D eigenvalue weighted by atomic mass is 10.0. The summed E-state index contributed by atoms with van der Waals surface area (Å²) < 4.78 is 7.23. The summed E-state index contributed by atoms with van der Waals surface area (Å²) in [7, 11) is 3.57. The normalized spacial score (nSPS) is 13.8. The van der Waals surface area contributed by atoms with Crippen molar-refractivity contribution in [3.63, 3.8) is 0 Å². The smallest absolute Gasteiger partial charge is 0.254 e. The summed E-state index contributed by atoms with van der Waals surface area (Å²) in [5.41, 5.74) is 4.42. The highest BCUT2D eigenvalue weighted by Crippen LogP contribution is 2.18. The number of nitrogens with zero attached hydrogens (tertiary/aromatic N) is 4. The van der Waals surface area contributed by atoms with E-state index in [-0.39, 0.29) is 25.0 Å². The number of carbonyl (C=O) groups is 2. The molecule has 1 saturated heterocycles. The van der Waals surface area contributed by atoms with Crippen LogP contribution in [0.1, 0.15) is 20.7 Å². The van der Waals surface area contributed by atoms with Gasteiger partial charge in [0.15, 0.2) is 0 Å². The molecule has 1 fully saturated rings. The molecule has 0 radical (unpaired) electrons. The third kappa shape index (κ3) is 6.37. The van der Waals surface area contributed by atoms with Gasteiger partial charge in [-0.1, -0.05) is 18.7 Å². The maximum absolute atomic E-state index is 12.7. The van der Waals surface area contributed by atoms with Crippen molar-refractivity contribution in [3.05, 3.63) is 95.9 Å². The van der Waals surface area contributed by atoms with E-state index in [0.717, 1.165) is 16.8 Å². The van der Waals surface area contributed by atoms with E-state index in [2.05, 4.69) is 11.9 Å². The highest BCUT2D eigenvalue weighted by atomic mass is 16.5. The van der Waals surface area contributed by atoms with Crippen LogP contribution in [0.2, 0.25) is 0 Å². The van der Waals surface area contributed by atoms with Crippen LogP contribution in [0.3, 0.4) is 0 Å². The largest absolute Gasteiger partial charge is 0.395 e. The van der Waals surface area contributed by atoms with Crippen LogP contribution < -0.4 is 10.8 Å². The number of aliphatic hydroxyl groups excluding tert-OH is 1. The van der Waals surface area contributed by atoms with Crippen molar-refractivity contribution in [2.75, 3.05) is 51.8 Å². The Morgan fingerprint density at radius 1 is 1.05 bits per heavy atom. The maximum Gasteiger partial charge on any atom is 0.254 e. The van der Waals surface area contributed by atoms with E-state index < -0.39 is 0 Å². The zero-order chi connectivity index (χ0) is 27.1. The molecule has 1 aliphatic rings. The van der Waals surface area contributed by atoms with Crippen LogP contribution >= 0.6 is 0 Å². The van der Waals surface area contributed by atoms with Crippen molar-refractivity contribution in [3.8, 4) is 11.1 Å². The molecule has 3 aromatic rings. The quantitative estimate of drug-likeness (QED) is 0.481. The summed E-state index contributed by atoms with van der Waals surface area (Å²) in [6, 6.07) is 18.5. The van der Waals surface area contributed by atoms with E-state index in [0.29, 0.717) is 48.7 Å². The average Bonchev–Trinajstić information content (AvgIpc) is 2.94. The van der Waals surface area contributed by atoms with Crippen molar-refractivity contribution < 1.29 is 19.4 Å². The van der Waals surface area contributed by atoms with Crippen molar-refractivity contribution in [1.82, 2.24) is 14.4 Å². The van der Waals surface area contributed by atoms with Gasteiger partial charge in [-0.15, -0.1) is 0 Å². The number of aryl methyl sites for hydroxylation is 1. The molecule has 9 nitrogen and oxygen atoms in total. The molecule has 0 bridgehead atoms. The zero-order valence-corrected chi connectivity index (χ0v) is 21.8. The number of carbonyl (C=O) groups excluding carboxylic acids is 2. The lowest BCUT2D eigenvalue weighted by Crippen LogP contribution is -2.40. The number of rotatable bonds is 8. The first-order chi connectivity index (χ1) is 18.4. The summed E-state index contributed by atoms with van der Waals surface area (Å²) in [6.45, 7) is 6.60. The first-order valence-electron chi connectivity index (χ1n) is 12.5. The van der Waals surface area contributed by atoms with Crippen molar-refractivity contribution >= 4 is 17.5 Å². The molecule has 4 rings (SSSR count). The number of likely N-dealkylation sites (N-methyl/N-ethyl adjacent to an activating group) is 1. The molecule has 2 heterocycles. The lowest BCUT2D eigenvalue weighted by Gasteiger charge is -2.26. The number of ether oxygens (including phenoxy) is 1. The van der Waals surface area contributed by atoms with Gasteiger partial charge in [-0.2, -0.15) is 0 Å². The fraction of sp³-hybridized carbons (Fsp3) is 0.276. The number of aromatic nitrogens is 1. The third-order valence-corrected chi connectivity index (χ3v) is 6.33. The number of anilines is 1. The van der Waals surface area contributed by atoms with Gasteiger partial charge >= 0.3 is 0 Å². The monoisotopic (exact) mass is 515 g/mol. The van der Waals surface area contributed by atoms with E-state index in [1.807, 2.05) is 54.2 Å². The molecule has 0 unspecified atom stereocenters. The van der Waals surface area contributed by atoms with Crippen LogP contribution in [-0.4, -0.2) is 77.8 Å². The van der Waals surface area contributed by atoms with Gasteiger partial charge in [0.25, 0.3) is 11.8 Å². The van der Waals surface area contributed by atoms with E-state index in [1.54, 1.807) is 36.2 Å². The number of aliphatic hydroxyl groups is 1. The summed E-state index contributed by atoms with van der Waals surface area (Å²) in [6.07, 6.45) is 1.91. The predicted molar refractivity (Wildman–Crippen MR) is 146 cm³/mol. The van der Waals surface area contributed by atoms with Crippen molar-refractivity contribution in [2.45, 2.75) is 0 Å². The van der Waals surface area contributed by atoms with Crippen LogP contribution in [0.25, 0.3) is 11.1 Å². The molecule has 2 N–H and O–H groups in total. The second kappa shape index (κ2) is 12.4. The Labute approximate surface area is 222 Å². The Morgan fingerprint density at radius 3 is 2.37 bits per heavy atom. The van der Waals surface area contributed by atoms with Crippen LogP contribution in [-0.2, 0) is 11.8 Å². The Morgan fingerprint density at radius 2 is 1.71 bits per heavy atom. The molecule has 9 heteroatoms. The van der Waals surface area contributed by atoms with Gasteiger partial charge in [0.2, 0.25) is 0 Å². The van der Waals surface area contributed by atoms with Crippen LogP contribution in [0.15, 0.2) is 84.3 Å². The van der Waals surface area contributed by atoms with Crippen LogP contribution in [0.4, 0.5) is 5.69 Å². The van der Waals surface area contributed by atoms with Gasteiger partial charge in [-0.05, 0) is 54.1 Å². The van der Waals surface area contributed by atoms with Crippen molar-refractivity contribution in [1.29, 1.82) is 0 Å². The number of morpholine rings is 1. The van der Waals surface area contributed by atoms with E-state index >= 15 is 0 Å². The van der Waals surface area contributed by atoms with E-state index in [1.165, 1.54) is 4.90 Å². The summed E-state index contributed by atoms with van der Waals surface area (Å²) in [4.78, 5) is 33.2. The Balaban J connectivity index is 1.51. The standard InChI is InChI=1S/C29H33N5O4/c1-21(30-25-12-10-24(11-13-25)29(37)34-16-19-38-20-17-34)31-27-26(5-4-14-32(27)2)22-6-8-23(9-7-22)28(36)33(3)15-18-35/h4-14,30,35H,1,15-20H2,2-3H3/b31-27-. The number of pyridine rings is 1. The number of hydrogen-bond acceptors (Lipinski definition) is 6. The number of hydrogen-bond donors (Lipinski definition) is 2. The summed E-state index contributed by atoms with van der Waals surface area (Å²) in [5, 5.41) is 12.3. The molecule has 0 aliphatic carbocycles. The molecule has 0 spiro atoms. The Bertz CT molecular complexity index is 1360. The zero-order valence-electron chi connectivity index (χ0n) is 21.8.